The molecule has 0 aliphatic carbocycles. The number of nitrogens with two attached hydrogens (primary N) is 1. The number of aromatic hydroxyl groups is 1. The minimum absolute atomic E-state index is 0.0441. The molecule has 0 bridgehead atoms. The van der Waals surface area contributed by atoms with Crippen molar-refractivity contribution in [2.24, 2.45) is 5.14 Å². The van der Waals surface area contributed by atoms with E-state index in [2.05, 4.69) is 0 Å². The summed E-state index contributed by atoms with van der Waals surface area (Å²) in [4.78, 5) is 0.0441. The lowest BCUT2D eigenvalue weighted by atomic mass is 9.91. The Kier molecular flexibility index (Phi) is 4.45. The molecule has 1 aliphatic rings. The van der Waals surface area contributed by atoms with E-state index in [1.807, 2.05) is 43.3 Å². The summed E-state index contributed by atoms with van der Waals surface area (Å²) in [6.07, 6.45) is 0.630. The van der Waals surface area contributed by atoms with Crippen molar-refractivity contribution < 1.29 is 18.3 Å². The van der Waals surface area contributed by atoms with Gasteiger partial charge in [0, 0.05) is 17.6 Å². The fourth-order valence-corrected chi connectivity index (χ4v) is 3.77. The van der Waals surface area contributed by atoms with Crippen LogP contribution in [-0.4, -0.2) is 13.5 Å². The van der Waals surface area contributed by atoms with Crippen LogP contribution in [0.2, 0.25) is 0 Å². The van der Waals surface area contributed by atoms with E-state index in [9.17, 15) is 13.5 Å². The molecular weight excluding hydrogens is 374 g/mol. The Morgan fingerprint density at radius 2 is 1.64 bits per heavy atom. The molecule has 142 valence electrons. The van der Waals surface area contributed by atoms with Crippen LogP contribution < -0.4 is 9.88 Å². The first-order chi connectivity index (χ1) is 13.3. The van der Waals surface area contributed by atoms with Crippen LogP contribution >= 0.6 is 0 Å². The van der Waals surface area contributed by atoms with E-state index in [1.165, 1.54) is 12.1 Å². The maximum Gasteiger partial charge on any atom is 0.238 e. The Morgan fingerprint density at radius 3 is 2.32 bits per heavy atom. The number of phenolic OH excluding ortho intramolecular Hbond substituents is 1. The van der Waals surface area contributed by atoms with Gasteiger partial charge in [-0.3, -0.25) is 0 Å². The molecule has 1 aliphatic heterocycles. The predicted octanol–water partition coefficient (Wildman–Crippen LogP) is 3.85. The summed E-state index contributed by atoms with van der Waals surface area (Å²) in [5.41, 5.74) is 4.33. The molecule has 3 N–H and O–H groups in total. The van der Waals surface area contributed by atoms with E-state index in [0.29, 0.717) is 12.2 Å². The third kappa shape index (κ3) is 3.40. The highest BCUT2D eigenvalue weighted by atomic mass is 32.2. The second-order valence-corrected chi connectivity index (χ2v) is 8.33. The third-order valence-electron chi connectivity index (χ3n) is 4.83. The Labute approximate surface area is 163 Å². The molecule has 0 radical (unpaired) electrons. The Bertz CT molecular complexity index is 1200. The maximum absolute atomic E-state index is 11.5. The molecule has 0 atom stereocenters. The first-order valence-corrected chi connectivity index (χ1v) is 10.3. The van der Waals surface area contributed by atoms with Crippen LogP contribution in [0, 0.1) is 6.92 Å². The molecule has 0 fully saturated rings. The molecule has 4 rings (SSSR count). The number of phenols is 1. The minimum atomic E-state index is -3.76. The van der Waals surface area contributed by atoms with Crippen molar-refractivity contribution in [1.82, 2.24) is 0 Å². The van der Waals surface area contributed by atoms with Gasteiger partial charge < -0.3 is 9.84 Å². The summed E-state index contributed by atoms with van der Waals surface area (Å²) in [5, 5.41) is 15.4. The maximum atomic E-state index is 11.5. The summed E-state index contributed by atoms with van der Waals surface area (Å²) < 4.78 is 29.3. The average Bonchev–Trinajstić information content (AvgIpc) is 2.68. The van der Waals surface area contributed by atoms with Crippen molar-refractivity contribution in [2.75, 3.05) is 0 Å². The first kappa shape index (κ1) is 18.3. The van der Waals surface area contributed by atoms with Gasteiger partial charge in [0.2, 0.25) is 10.0 Å². The van der Waals surface area contributed by atoms with Crippen LogP contribution in [0.4, 0.5) is 0 Å². The van der Waals surface area contributed by atoms with Crippen molar-refractivity contribution in [3.8, 4) is 11.5 Å². The monoisotopic (exact) mass is 393 g/mol. The molecule has 3 aromatic carbocycles. The van der Waals surface area contributed by atoms with Crippen molar-refractivity contribution in [3.63, 3.8) is 0 Å². The van der Waals surface area contributed by atoms with Gasteiger partial charge in [0.1, 0.15) is 17.3 Å². The first-order valence-electron chi connectivity index (χ1n) is 8.75. The summed E-state index contributed by atoms with van der Waals surface area (Å²) in [7, 11) is -3.76. The van der Waals surface area contributed by atoms with Gasteiger partial charge in [0.05, 0.1) is 4.90 Å². The molecule has 0 spiro atoms. The SMILES string of the molecule is Cc1ccc(C2=C(c3ccc(S(N)(=O)=O)cc3)Oc3ccccc3C2)cc1O. The fraction of sp³-hybridized carbons (Fsp3) is 0.0909. The molecule has 0 saturated carbocycles. The van der Waals surface area contributed by atoms with Crippen LogP contribution in [0.1, 0.15) is 22.3 Å². The number of ether oxygens (including phenoxy) is 1. The summed E-state index contributed by atoms with van der Waals surface area (Å²) in [6, 6.07) is 19.6. The number of hydrogen-bond donors (Lipinski definition) is 2. The van der Waals surface area contributed by atoms with E-state index >= 15 is 0 Å². The molecule has 0 unspecified atom stereocenters. The van der Waals surface area contributed by atoms with Crippen LogP contribution in [0.25, 0.3) is 11.3 Å². The molecule has 28 heavy (non-hydrogen) atoms. The zero-order valence-electron chi connectivity index (χ0n) is 15.2. The highest BCUT2D eigenvalue weighted by molar-refractivity contribution is 7.89. The normalized spacial score (nSPS) is 13.8. The lowest BCUT2D eigenvalue weighted by Crippen LogP contribution is -2.12. The molecule has 3 aromatic rings. The molecule has 1 heterocycles. The Morgan fingerprint density at radius 1 is 0.964 bits per heavy atom. The van der Waals surface area contributed by atoms with Crippen LogP contribution in [-0.2, 0) is 16.4 Å². The van der Waals surface area contributed by atoms with Gasteiger partial charge in [-0.1, -0.05) is 30.3 Å². The summed E-state index contributed by atoms with van der Waals surface area (Å²) in [5.74, 6) is 1.60. The second-order valence-electron chi connectivity index (χ2n) is 6.76. The third-order valence-corrected chi connectivity index (χ3v) is 5.76. The van der Waals surface area contributed by atoms with E-state index in [-0.39, 0.29) is 10.6 Å². The lowest BCUT2D eigenvalue weighted by molar-refractivity contribution is 0.470. The van der Waals surface area contributed by atoms with E-state index in [1.54, 1.807) is 18.2 Å². The van der Waals surface area contributed by atoms with Crippen molar-refractivity contribution in [1.29, 1.82) is 0 Å². The number of allylic oxidation sites excluding steroid dienone is 1. The standard InChI is InChI=1S/C22H19NO4S/c1-14-6-7-16(13-20(14)24)19-12-17-4-2-3-5-21(17)27-22(19)15-8-10-18(11-9-15)28(23,25)26/h2-11,13,24H,12H2,1H3,(H2,23,25,26). The number of primary sulfonamides is 1. The van der Waals surface area contributed by atoms with Gasteiger partial charge in [-0.25, -0.2) is 13.6 Å². The van der Waals surface area contributed by atoms with E-state index < -0.39 is 10.0 Å². The van der Waals surface area contributed by atoms with Crippen molar-refractivity contribution in [3.05, 3.63) is 89.0 Å². The van der Waals surface area contributed by atoms with Gasteiger partial charge in [0.25, 0.3) is 0 Å². The van der Waals surface area contributed by atoms with Crippen LogP contribution in [0.15, 0.2) is 71.6 Å². The largest absolute Gasteiger partial charge is 0.508 e. The smallest absolute Gasteiger partial charge is 0.238 e. The van der Waals surface area contributed by atoms with E-state index in [4.69, 9.17) is 9.88 Å². The van der Waals surface area contributed by atoms with Gasteiger partial charge >= 0.3 is 0 Å². The second kappa shape index (κ2) is 6.82. The topological polar surface area (TPSA) is 89.6 Å². The molecular formula is C22H19NO4S. The summed E-state index contributed by atoms with van der Waals surface area (Å²) >= 11 is 0. The number of fused-ring (bicyclic) bond motifs is 1. The number of hydrogen-bond acceptors (Lipinski definition) is 4. The summed E-state index contributed by atoms with van der Waals surface area (Å²) in [6.45, 7) is 1.84. The van der Waals surface area contributed by atoms with Crippen LogP contribution in [0.3, 0.4) is 0 Å². The fourth-order valence-electron chi connectivity index (χ4n) is 3.25. The number of benzene rings is 3. The molecule has 0 saturated heterocycles. The van der Waals surface area contributed by atoms with E-state index in [0.717, 1.165) is 33.6 Å². The molecule has 0 amide bonds. The predicted molar refractivity (Wildman–Crippen MR) is 108 cm³/mol. The lowest BCUT2D eigenvalue weighted by Gasteiger charge is -2.24. The van der Waals surface area contributed by atoms with Crippen LogP contribution in [0.5, 0.6) is 11.5 Å². The van der Waals surface area contributed by atoms with Gasteiger partial charge in [-0.2, -0.15) is 0 Å². The Hall–Kier alpha value is -3.09. The Balaban J connectivity index is 1.87. The zero-order valence-corrected chi connectivity index (χ0v) is 16.0. The van der Waals surface area contributed by atoms with Gasteiger partial charge in [0.15, 0.2) is 0 Å². The van der Waals surface area contributed by atoms with Crippen molar-refractivity contribution >= 4 is 21.4 Å². The van der Waals surface area contributed by atoms with Crippen molar-refractivity contribution in [2.45, 2.75) is 18.2 Å². The number of para-hydroxylation sites is 1. The highest BCUT2D eigenvalue weighted by Crippen LogP contribution is 2.40. The van der Waals surface area contributed by atoms with Gasteiger partial charge in [-0.05, 0) is 60.0 Å². The molecule has 0 aromatic heterocycles. The average molecular weight is 393 g/mol. The number of rotatable bonds is 3. The number of aryl methyl sites for hydroxylation is 1. The molecule has 5 nitrogen and oxygen atoms in total. The molecule has 6 heteroatoms. The quantitative estimate of drug-likeness (QED) is 0.707. The highest BCUT2D eigenvalue weighted by Gasteiger charge is 2.23. The van der Waals surface area contributed by atoms with Gasteiger partial charge in [-0.15, -0.1) is 0 Å². The number of sulfonamides is 1. The minimum Gasteiger partial charge on any atom is -0.508 e. The zero-order chi connectivity index (χ0) is 19.9.